The van der Waals surface area contributed by atoms with Crippen molar-refractivity contribution in [1.82, 2.24) is 9.55 Å². The molecule has 1 aromatic heterocycles. The third kappa shape index (κ3) is 2.19. The van der Waals surface area contributed by atoms with Crippen molar-refractivity contribution >= 4 is 32.5 Å². The fraction of sp³-hybridized carbons (Fsp3) is 0.0667. The smallest absolute Gasteiger partial charge is 0.228 e. The van der Waals surface area contributed by atoms with Gasteiger partial charge in [0.1, 0.15) is 0 Å². The summed E-state index contributed by atoms with van der Waals surface area (Å²) >= 11 is 3.44. The predicted octanol–water partition coefficient (Wildman–Crippen LogP) is 3.57. The first-order chi connectivity index (χ1) is 9.15. The number of hydrogen-bond acceptors (Lipinski definition) is 2. The minimum absolute atomic E-state index is 0.0580. The maximum atomic E-state index is 12.3. The maximum absolute atomic E-state index is 12.3. The van der Waals surface area contributed by atoms with Gasteiger partial charge in [0.25, 0.3) is 0 Å². The van der Waals surface area contributed by atoms with E-state index in [0.29, 0.717) is 11.4 Å². The average molecular weight is 315 g/mol. The molecule has 0 aliphatic rings. The molecule has 4 heteroatoms. The van der Waals surface area contributed by atoms with E-state index in [1.165, 1.54) is 0 Å². The number of benzene rings is 2. The molecule has 3 aromatic rings. The first-order valence-electron chi connectivity index (χ1n) is 5.86. The summed E-state index contributed by atoms with van der Waals surface area (Å²) in [7, 11) is 1.82. The lowest BCUT2D eigenvalue weighted by molar-refractivity contribution is 0.102. The Balaban J connectivity index is 2.09. The van der Waals surface area contributed by atoms with E-state index in [1.807, 2.05) is 43.4 Å². The molecule has 0 spiro atoms. The van der Waals surface area contributed by atoms with Gasteiger partial charge in [0, 0.05) is 29.5 Å². The number of carbonyl (C=O) groups is 1. The van der Waals surface area contributed by atoms with Crippen LogP contribution in [0, 0.1) is 0 Å². The second-order valence-electron chi connectivity index (χ2n) is 4.40. The molecule has 0 amide bonds. The van der Waals surface area contributed by atoms with Gasteiger partial charge < -0.3 is 4.57 Å². The van der Waals surface area contributed by atoms with Crippen molar-refractivity contribution < 1.29 is 4.79 Å². The number of rotatable bonds is 2. The molecular formula is C15H11BrN2O. The molecule has 2 aromatic carbocycles. The van der Waals surface area contributed by atoms with Crippen LogP contribution in [0.2, 0.25) is 0 Å². The highest BCUT2D eigenvalue weighted by Crippen LogP contribution is 2.21. The third-order valence-electron chi connectivity index (χ3n) is 3.09. The predicted molar refractivity (Wildman–Crippen MR) is 78.3 cm³/mol. The molecule has 0 unspecified atom stereocenters. The van der Waals surface area contributed by atoms with E-state index in [0.717, 1.165) is 15.2 Å². The van der Waals surface area contributed by atoms with Crippen LogP contribution in [0.5, 0.6) is 0 Å². The molecule has 0 bridgehead atoms. The Labute approximate surface area is 119 Å². The zero-order valence-electron chi connectivity index (χ0n) is 10.3. The molecule has 0 radical (unpaired) electrons. The van der Waals surface area contributed by atoms with Crippen molar-refractivity contribution in [3.05, 3.63) is 64.7 Å². The lowest BCUT2D eigenvalue weighted by Gasteiger charge is -2.04. The van der Waals surface area contributed by atoms with Crippen molar-refractivity contribution in [1.29, 1.82) is 0 Å². The third-order valence-corrected chi connectivity index (χ3v) is 3.58. The van der Waals surface area contributed by atoms with Gasteiger partial charge in [0.2, 0.25) is 5.78 Å². The fourth-order valence-electron chi connectivity index (χ4n) is 2.07. The first-order valence-corrected chi connectivity index (χ1v) is 6.66. The number of fused-ring (bicyclic) bond motifs is 1. The summed E-state index contributed by atoms with van der Waals surface area (Å²) in [6.45, 7) is 0. The summed E-state index contributed by atoms with van der Waals surface area (Å²) < 4.78 is 2.76. The standard InChI is InChI=1S/C15H11BrN2O/c1-18-7-6-17-15(18)14(19)12-3-2-11-9-13(16)5-4-10(11)8-12/h2-9H,1H3. The van der Waals surface area contributed by atoms with Crippen molar-refractivity contribution in [2.45, 2.75) is 0 Å². The van der Waals surface area contributed by atoms with Gasteiger partial charge in [-0.05, 0) is 29.0 Å². The molecule has 0 saturated heterocycles. The first kappa shape index (κ1) is 12.1. The summed E-state index contributed by atoms with van der Waals surface area (Å²) in [5.74, 6) is 0.397. The van der Waals surface area contributed by atoms with E-state index in [-0.39, 0.29) is 5.78 Å². The van der Waals surface area contributed by atoms with Crippen LogP contribution < -0.4 is 0 Å². The van der Waals surface area contributed by atoms with Crippen LogP contribution in [0.15, 0.2) is 53.3 Å². The minimum atomic E-state index is -0.0580. The molecule has 1 heterocycles. The molecule has 0 saturated carbocycles. The fourth-order valence-corrected chi connectivity index (χ4v) is 2.45. The van der Waals surface area contributed by atoms with E-state index >= 15 is 0 Å². The molecule has 19 heavy (non-hydrogen) atoms. The van der Waals surface area contributed by atoms with E-state index < -0.39 is 0 Å². The highest BCUT2D eigenvalue weighted by Gasteiger charge is 2.13. The van der Waals surface area contributed by atoms with Gasteiger partial charge in [-0.3, -0.25) is 4.79 Å². The quantitative estimate of drug-likeness (QED) is 0.678. The Morgan fingerprint density at radius 2 is 1.89 bits per heavy atom. The Hall–Kier alpha value is -1.94. The molecular weight excluding hydrogens is 304 g/mol. The Kier molecular flexibility index (Phi) is 2.95. The summed E-state index contributed by atoms with van der Waals surface area (Å²) in [6, 6.07) is 11.7. The van der Waals surface area contributed by atoms with Crippen LogP contribution in [0.4, 0.5) is 0 Å². The number of nitrogens with zero attached hydrogens (tertiary/aromatic N) is 2. The molecule has 3 rings (SSSR count). The Morgan fingerprint density at radius 1 is 1.16 bits per heavy atom. The molecule has 0 aliphatic heterocycles. The van der Waals surface area contributed by atoms with Crippen LogP contribution in [0.1, 0.15) is 16.2 Å². The molecule has 94 valence electrons. The summed E-state index contributed by atoms with van der Waals surface area (Å²) in [4.78, 5) is 16.4. The van der Waals surface area contributed by atoms with Crippen molar-refractivity contribution in [2.75, 3.05) is 0 Å². The molecule has 0 aliphatic carbocycles. The van der Waals surface area contributed by atoms with Gasteiger partial charge in [-0.1, -0.05) is 34.1 Å². The Bertz CT molecular complexity index is 777. The number of aromatic nitrogens is 2. The largest absolute Gasteiger partial charge is 0.331 e. The second-order valence-corrected chi connectivity index (χ2v) is 5.31. The molecule has 0 N–H and O–H groups in total. The molecule has 3 nitrogen and oxygen atoms in total. The number of halogens is 1. The van der Waals surface area contributed by atoms with E-state index in [1.54, 1.807) is 17.0 Å². The normalized spacial score (nSPS) is 10.8. The molecule has 0 fully saturated rings. The van der Waals surface area contributed by atoms with Gasteiger partial charge in [0.05, 0.1) is 0 Å². The summed E-state index contributed by atoms with van der Waals surface area (Å²) in [6.07, 6.45) is 3.40. The van der Waals surface area contributed by atoms with Gasteiger partial charge >= 0.3 is 0 Å². The van der Waals surface area contributed by atoms with Gasteiger partial charge in [0.15, 0.2) is 5.82 Å². The van der Waals surface area contributed by atoms with Gasteiger partial charge in [-0.25, -0.2) is 4.98 Å². The zero-order valence-corrected chi connectivity index (χ0v) is 11.9. The minimum Gasteiger partial charge on any atom is -0.331 e. The zero-order chi connectivity index (χ0) is 13.4. The molecule has 0 atom stereocenters. The number of aryl methyl sites for hydroxylation is 1. The van der Waals surface area contributed by atoms with Crippen LogP contribution >= 0.6 is 15.9 Å². The number of ketones is 1. The summed E-state index contributed by atoms with van der Waals surface area (Å²) in [5.41, 5.74) is 0.657. The van der Waals surface area contributed by atoms with Crippen LogP contribution in [0.25, 0.3) is 10.8 Å². The maximum Gasteiger partial charge on any atom is 0.228 e. The number of hydrogen-bond donors (Lipinski definition) is 0. The number of carbonyl (C=O) groups excluding carboxylic acids is 1. The van der Waals surface area contributed by atoms with Gasteiger partial charge in [-0.15, -0.1) is 0 Å². The van der Waals surface area contributed by atoms with Crippen LogP contribution in [-0.4, -0.2) is 15.3 Å². The average Bonchev–Trinajstić information content (AvgIpc) is 2.83. The highest BCUT2D eigenvalue weighted by molar-refractivity contribution is 9.10. The van der Waals surface area contributed by atoms with Crippen LogP contribution in [-0.2, 0) is 7.05 Å². The second kappa shape index (κ2) is 4.63. The van der Waals surface area contributed by atoms with Crippen molar-refractivity contribution in [3.63, 3.8) is 0 Å². The monoisotopic (exact) mass is 314 g/mol. The number of imidazole rings is 1. The SMILES string of the molecule is Cn1ccnc1C(=O)c1ccc2cc(Br)ccc2c1. The van der Waals surface area contributed by atoms with Gasteiger partial charge in [-0.2, -0.15) is 0 Å². The lowest BCUT2D eigenvalue weighted by atomic mass is 10.0. The van der Waals surface area contributed by atoms with Crippen LogP contribution in [0.3, 0.4) is 0 Å². The Morgan fingerprint density at radius 3 is 2.63 bits per heavy atom. The van der Waals surface area contributed by atoms with Crippen molar-refractivity contribution in [3.8, 4) is 0 Å². The van der Waals surface area contributed by atoms with E-state index in [4.69, 9.17) is 0 Å². The highest BCUT2D eigenvalue weighted by atomic mass is 79.9. The van der Waals surface area contributed by atoms with E-state index in [9.17, 15) is 4.79 Å². The van der Waals surface area contributed by atoms with Crippen molar-refractivity contribution in [2.24, 2.45) is 7.05 Å². The van der Waals surface area contributed by atoms with E-state index in [2.05, 4.69) is 20.9 Å². The lowest BCUT2D eigenvalue weighted by Crippen LogP contribution is -2.08. The topological polar surface area (TPSA) is 34.9 Å². The summed E-state index contributed by atoms with van der Waals surface area (Å²) in [5, 5.41) is 2.15.